The molecule has 2 rings (SSSR count). The number of fused-ring (bicyclic) bond motifs is 1. The van der Waals surface area contributed by atoms with Gasteiger partial charge in [0, 0.05) is 25.7 Å². The Morgan fingerprint density at radius 2 is 2.20 bits per heavy atom. The van der Waals surface area contributed by atoms with Crippen LogP contribution in [-0.4, -0.2) is 20.3 Å². The molecular weight excluding hydrogens is 186 g/mol. The van der Waals surface area contributed by atoms with Crippen molar-refractivity contribution in [3.8, 4) is 0 Å². The molecular formula is C13H19NO. The molecule has 1 aliphatic rings. The molecule has 2 N–H and O–H groups in total. The predicted octanol–water partition coefficient (Wildman–Crippen LogP) is 1.87. The van der Waals surface area contributed by atoms with Crippen LogP contribution >= 0.6 is 0 Å². The highest BCUT2D eigenvalue weighted by molar-refractivity contribution is 5.39. The lowest BCUT2D eigenvalue weighted by Crippen LogP contribution is -2.34. The van der Waals surface area contributed by atoms with Crippen LogP contribution in [0.2, 0.25) is 0 Å². The average Bonchev–Trinajstić information content (AvgIpc) is 2.66. The third-order valence-electron chi connectivity index (χ3n) is 3.64. The molecule has 2 heteroatoms. The predicted molar refractivity (Wildman–Crippen MR) is 62.0 cm³/mol. The minimum absolute atomic E-state index is 0.173. The standard InChI is InChI=1S/C13H19NO/c1-15-9-8-13(10-14)7-6-11-4-2-3-5-12(11)13/h2-5H,6-10,14H2,1H3. The molecule has 1 aromatic rings. The van der Waals surface area contributed by atoms with Gasteiger partial charge in [-0.25, -0.2) is 0 Å². The summed E-state index contributed by atoms with van der Waals surface area (Å²) >= 11 is 0. The molecule has 0 spiro atoms. The van der Waals surface area contributed by atoms with Crippen molar-refractivity contribution in [1.82, 2.24) is 0 Å². The fourth-order valence-corrected chi connectivity index (χ4v) is 2.64. The Morgan fingerprint density at radius 3 is 2.93 bits per heavy atom. The first-order valence-corrected chi connectivity index (χ1v) is 5.60. The monoisotopic (exact) mass is 205 g/mol. The van der Waals surface area contributed by atoms with Gasteiger partial charge in [-0.1, -0.05) is 24.3 Å². The third kappa shape index (κ3) is 1.80. The number of nitrogens with two attached hydrogens (primary N) is 1. The van der Waals surface area contributed by atoms with E-state index in [4.69, 9.17) is 10.5 Å². The number of aryl methyl sites for hydroxylation is 1. The summed E-state index contributed by atoms with van der Waals surface area (Å²) in [5.74, 6) is 0. The van der Waals surface area contributed by atoms with Gasteiger partial charge in [0.1, 0.15) is 0 Å². The van der Waals surface area contributed by atoms with Gasteiger partial charge in [-0.05, 0) is 30.4 Å². The first-order valence-electron chi connectivity index (χ1n) is 5.60. The molecule has 0 radical (unpaired) electrons. The maximum absolute atomic E-state index is 5.97. The van der Waals surface area contributed by atoms with E-state index in [1.807, 2.05) is 0 Å². The zero-order chi connectivity index (χ0) is 10.7. The highest BCUT2D eigenvalue weighted by Gasteiger charge is 2.36. The molecule has 2 nitrogen and oxygen atoms in total. The molecule has 0 aliphatic heterocycles. The molecule has 0 saturated heterocycles. The van der Waals surface area contributed by atoms with Gasteiger partial charge >= 0.3 is 0 Å². The van der Waals surface area contributed by atoms with Crippen LogP contribution in [0.1, 0.15) is 24.0 Å². The fourth-order valence-electron chi connectivity index (χ4n) is 2.64. The van der Waals surface area contributed by atoms with Crippen molar-refractivity contribution in [1.29, 1.82) is 0 Å². The normalized spacial score (nSPS) is 24.1. The molecule has 0 saturated carbocycles. The smallest absolute Gasteiger partial charge is 0.0471 e. The van der Waals surface area contributed by atoms with Crippen molar-refractivity contribution >= 4 is 0 Å². The van der Waals surface area contributed by atoms with E-state index in [1.165, 1.54) is 17.5 Å². The molecule has 82 valence electrons. The van der Waals surface area contributed by atoms with Gasteiger partial charge in [0.2, 0.25) is 0 Å². The Kier molecular flexibility index (Phi) is 3.08. The van der Waals surface area contributed by atoms with E-state index < -0.39 is 0 Å². The lowest BCUT2D eigenvalue weighted by atomic mass is 9.79. The Morgan fingerprint density at radius 1 is 1.40 bits per heavy atom. The molecule has 0 fully saturated rings. The van der Waals surface area contributed by atoms with Gasteiger partial charge in [0.15, 0.2) is 0 Å². The molecule has 1 unspecified atom stereocenters. The van der Waals surface area contributed by atoms with Gasteiger partial charge in [-0.15, -0.1) is 0 Å². The van der Waals surface area contributed by atoms with Gasteiger partial charge in [0.05, 0.1) is 0 Å². The zero-order valence-corrected chi connectivity index (χ0v) is 9.33. The van der Waals surface area contributed by atoms with E-state index in [2.05, 4.69) is 24.3 Å². The van der Waals surface area contributed by atoms with Crippen LogP contribution in [0.5, 0.6) is 0 Å². The van der Waals surface area contributed by atoms with E-state index in [0.717, 1.165) is 26.0 Å². The molecule has 0 bridgehead atoms. The zero-order valence-electron chi connectivity index (χ0n) is 9.33. The number of hydrogen-bond acceptors (Lipinski definition) is 2. The number of hydrogen-bond donors (Lipinski definition) is 1. The molecule has 0 amide bonds. The summed E-state index contributed by atoms with van der Waals surface area (Å²) in [6.45, 7) is 1.53. The lowest BCUT2D eigenvalue weighted by Gasteiger charge is -2.28. The highest BCUT2D eigenvalue weighted by atomic mass is 16.5. The molecule has 1 aromatic carbocycles. The molecule has 15 heavy (non-hydrogen) atoms. The summed E-state index contributed by atoms with van der Waals surface area (Å²) in [4.78, 5) is 0. The summed E-state index contributed by atoms with van der Waals surface area (Å²) in [5, 5.41) is 0. The number of methoxy groups -OCH3 is 1. The maximum Gasteiger partial charge on any atom is 0.0471 e. The van der Waals surface area contributed by atoms with E-state index in [0.29, 0.717) is 0 Å². The lowest BCUT2D eigenvalue weighted by molar-refractivity contribution is 0.167. The second-order valence-corrected chi connectivity index (χ2v) is 4.38. The Balaban J connectivity index is 2.28. The van der Waals surface area contributed by atoms with Crippen molar-refractivity contribution in [2.75, 3.05) is 20.3 Å². The van der Waals surface area contributed by atoms with Crippen molar-refractivity contribution in [2.24, 2.45) is 5.73 Å². The first-order chi connectivity index (χ1) is 7.32. The number of ether oxygens (including phenoxy) is 1. The van der Waals surface area contributed by atoms with E-state index in [9.17, 15) is 0 Å². The highest BCUT2D eigenvalue weighted by Crippen LogP contribution is 2.40. The second-order valence-electron chi connectivity index (χ2n) is 4.38. The second kappa shape index (κ2) is 4.33. The summed E-state index contributed by atoms with van der Waals surface area (Å²) in [5.41, 5.74) is 9.06. The SMILES string of the molecule is COCCC1(CN)CCc2ccccc21. The Bertz CT molecular complexity index is 337. The van der Waals surface area contributed by atoms with E-state index in [1.54, 1.807) is 7.11 Å². The largest absolute Gasteiger partial charge is 0.385 e. The maximum atomic E-state index is 5.97. The van der Waals surface area contributed by atoms with Crippen LogP contribution in [0.4, 0.5) is 0 Å². The van der Waals surface area contributed by atoms with Crippen molar-refractivity contribution < 1.29 is 4.74 Å². The summed E-state index contributed by atoms with van der Waals surface area (Å²) in [6.07, 6.45) is 3.38. The fraction of sp³-hybridized carbons (Fsp3) is 0.538. The Hall–Kier alpha value is -0.860. The van der Waals surface area contributed by atoms with Crippen molar-refractivity contribution in [3.05, 3.63) is 35.4 Å². The topological polar surface area (TPSA) is 35.2 Å². The first kappa shape index (κ1) is 10.7. The third-order valence-corrected chi connectivity index (χ3v) is 3.64. The van der Waals surface area contributed by atoms with Crippen LogP contribution < -0.4 is 5.73 Å². The molecule has 0 heterocycles. The number of rotatable bonds is 4. The van der Waals surface area contributed by atoms with Gasteiger partial charge in [-0.2, -0.15) is 0 Å². The van der Waals surface area contributed by atoms with Gasteiger partial charge in [0.25, 0.3) is 0 Å². The van der Waals surface area contributed by atoms with Gasteiger partial charge < -0.3 is 10.5 Å². The van der Waals surface area contributed by atoms with Gasteiger partial charge in [-0.3, -0.25) is 0 Å². The van der Waals surface area contributed by atoms with Crippen molar-refractivity contribution in [2.45, 2.75) is 24.7 Å². The molecule has 0 aromatic heterocycles. The molecule has 1 atom stereocenters. The quantitative estimate of drug-likeness (QED) is 0.814. The molecule has 1 aliphatic carbocycles. The Labute approximate surface area is 91.4 Å². The van der Waals surface area contributed by atoms with Crippen LogP contribution in [0.3, 0.4) is 0 Å². The van der Waals surface area contributed by atoms with Crippen molar-refractivity contribution in [3.63, 3.8) is 0 Å². The van der Waals surface area contributed by atoms with Crippen LogP contribution in [0, 0.1) is 0 Å². The summed E-state index contributed by atoms with van der Waals surface area (Å²) in [7, 11) is 1.76. The van der Waals surface area contributed by atoms with E-state index in [-0.39, 0.29) is 5.41 Å². The van der Waals surface area contributed by atoms with Crippen LogP contribution in [0.15, 0.2) is 24.3 Å². The van der Waals surface area contributed by atoms with Crippen LogP contribution in [0.25, 0.3) is 0 Å². The van der Waals surface area contributed by atoms with Crippen LogP contribution in [-0.2, 0) is 16.6 Å². The summed E-state index contributed by atoms with van der Waals surface area (Å²) < 4.78 is 5.19. The van der Waals surface area contributed by atoms with E-state index >= 15 is 0 Å². The minimum atomic E-state index is 0.173. The number of benzene rings is 1. The summed E-state index contributed by atoms with van der Waals surface area (Å²) in [6, 6.07) is 8.67. The minimum Gasteiger partial charge on any atom is -0.385 e. The average molecular weight is 205 g/mol.